The molecule has 0 saturated carbocycles. The molecule has 0 radical (unpaired) electrons. The second-order valence-electron chi connectivity index (χ2n) is 11.6. The summed E-state index contributed by atoms with van der Waals surface area (Å²) in [6.07, 6.45) is 5.28. The Morgan fingerprint density at radius 1 is 0.902 bits per heavy atom. The van der Waals surface area contributed by atoms with Gasteiger partial charge in [-0.3, -0.25) is 4.79 Å². The summed E-state index contributed by atoms with van der Waals surface area (Å²) < 4.78 is 5.71. The molecule has 3 N–H and O–H groups in total. The Kier molecular flexibility index (Phi) is 9.57. The van der Waals surface area contributed by atoms with E-state index in [4.69, 9.17) is 4.74 Å². The lowest BCUT2D eigenvalue weighted by atomic mass is 9.89. The number of anilines is 3. The van der Waals surface area contributed by atoms with Crippen LogP contribution >= 0.6 is 0 Å². The van der Waals surface area contributed by atoms with E-state index in [9.17, 15) is 9.59 Å². The normalized spacial score (nSPS) is 17.4. The van der Waals surface area contributed by atoms with E-state index in [-0.39, 0.29) is 18.0 Å². The Hall–Kier alpha value is -3.84. The van der Waals surface area contributed by atoms with Gasteiger partial charge >= 0.3 is 6.03 Å². The van der Waals surface area contributed by atoms with Crippen LogP contribution in [0.25, 0.3) is 0 Å². The van der Waals surface area contributed by atoms with Crippen molar-refractivity contribution in [2.45, 2.75) is 58.0 Å². The van der Waals surface area contributed by atoms with Gasteiger partial charge in [0.2, 0.25) is 0 Å². The lowest BCUT2D eigenvalue weighted by molar-refractivity contribution is 0.0858. The first-order chi connectivity index (χ1) is 19.9. The molecule has 41 heavy (non-hydrogen) atoms. The van der Waals surface area contributed by atoms with Crippen LogP contribution in [-0.2, 0) is 11.2 Å². The number of piperidine rings is 1. The number of carbonyl (C=O) groups excluding carboxylic acids is 2. The summed E-state index contributed by atoms with van der Waals surface area (Å²) in [7, 11) is 0. The smallest absolute Gasteiger partial charge is 0.323 e. The number of nitrogens with zero attached hydrogens (tertiary/aromatic N) is 1. The zero-order valence-corrected chi connectivity index (χ0v) is 24.2. The molecule has 0 spiro atoms. The maximum absolute atomic E-state index is 13.5. The minimum absolute atomic E-state index is 0.0605. The summed E-state index contributed by atoms with van der Waals surface area (Å²) in [5.74, 6) is 0.913. The molecule has 2 aliphatic rings. The molecule has 2 heterocycles. The average Bonchev–Trinajstić information content (AvgIpc) is 3.51. The second kappa shape index (κ2) is 13.7. The number of hydrogen-bond donors (Lipinski definition) is 3. The largest absolute Gasteiger partial charge is 0.376 e. The van der Waals surface area contributed by atoms with Crippen molar-refractivity contribution >= 4 is 29.0 Å². The summed E-state index contributed by atoms with van der Waals surface area (Å²) in [5, 5.41) is 8.88. The van der Waals surface area contributed by atoms with E-state index < -0.39 is 0 Å². The van der Waals surface area contributed by atoms with Gasteiger partial charge in [0.25, 0.3) is 5.91 Å². The molecule has 0 unspecified atom stereocenters. The van der Waals surface area contributed by atoms with Gasteiger partial charge in [0.05, 0.1) is 11.7 Å². The molecule has 0 aromatic heterocycles. The maximum atomic E-state index is 13.5. The van der Waals surface area contributed by atoms with Crippen molar-refractivity contribution < 1.29 is 14.3 Å². The minimum atomic E-state index is -0.345. The van der Waals surface area contributed by atoms with E-state index in [0.717, 1.165) is 63.2 Å². The van der Waals surface area contributed by atoms with Crippen LogP contribution in [-0.4, -0.2) is 44.3 Å². The number of ether oxygens (including phenoxy) is 1. The highest BCUT2D eigenvalue weighted by atomic mass is 16.5. The van der Waals surface area contributed by atoms with Gasteiger partial charge < -0.3 is 25.6 Å². The van der Waals surface area contributed by atoms with E-state index in [1.807, 2.05) is 36.4 Å². The van der Waals surface area contributed by atoms with E-state index in [2.05, 4.69) is 65.0 Å². The molecular weight excluding hydrogens is 512 g/mol. The number of hydrogen-bond acceptors (Lipinski definition) is 4. The fourth-order valence-corrected chi connectivity index (χ4v) is 5.75. The van der Waals surface area contributed by atoms with Gasteiger partial charge in [-0.1, -0.05) is 56.3 Å². The number of benzene rings is 3. The average molecular weight is 555 g/mol. The van der Waals surface area contributed by atoms with Crippen molar-refractivity contribution in [2.75, 3.05) is 41.8 Å². The van der Waals surface area contributed by atoms with Crippen molar-refractivity contribution in [1.29, 1.82) is 0 Å². The monoisotopic (exact) mass is 554 g/mol. The van der Waals surface area contributed by atoms with Crippen molar-refractivity contribution in [1.82, 2.24) is 5.32 Å². The molecule has 7 heteroatoms. The number of carbonyl (C=O) groups is 2. The van der Waals surface area contributed by atoms with E-state index in [0.29, 0.717) is 29.6 Å². The predicted molar refractivity (Wildman–Crippen MR) is 166 cm³/mol. The van der Waals surface area contributed by atoms with Gasteiger partial charge in [-0.05, 0) is 85.4 Å². The van der Waals surface area contributed by atoms with Crippen molar-refractivity contribution in [3.05, 3.63) is 89.5 Å². The molecule has 216 valence electrons. The van der Waals surface area contributed by atoms with Crippen molar-refractivity contribution in [3.63, 3.8) is 0 Å². The second-order valence-corrected chi connectivity index (χ2v) is 11.6. The van der Waals surface area contributed by atoms with E-state index >= 15 is 0 Å². The minimum Gasteiger partial charge on any atom is -0.376 e. The predicted octanol–water partition coefficient (Wildman–Crippen LogP) is 6.82. The molecule has 3 aromatic carbocycles. The highest BCUT2D eigenvalue weighted by molar-refractivity contribution is 6.04. The number of nitrogens with one attached hydrogen (secondary N) is 3. The van der Waals surface area contributed by atoms with Gasteiger partial charge in [-0.2, -0.15) is 0 Å². The standard InChI is InChI=1S/C34H42N4O3/c1-24(2)27-10-12-28(13-11-27)36-34(40)37-29-14-15-32(31(22-29)33(39)35-23-30-9-6-20-41-30)38-18-16-26(17-19-38)21-25-7-4-3-5-8-25/h3-5,7-8,10-15,22,24,26,30H,6,9,16-21,23H2,1-2H3,(H,35,39)(H2,36,37,40)/t30-/m1/s1. The summed E-state index contributed by atoms with van der Waals surface area (Å²) in [6, 6.07) is 23.8. The molecule has 5 rings (SSSR count). The molecule has 2 saturated heterocycles. The van der Waals surface area contributed by atoms with Gasteiger partial charge in [0.1, 0.15) is 0 Å². The summed E-state index contributed by atoms with van der Waals surface area (Å²) in [5.41, 5.74) is 5.37. The summed E-state index contributed by atoms with van der Waals surface area (Å²) in [6.45, 7) is 7.30. The lowest BCUT2D eigenvalue weighted by Gasteiger charge is -2.35. The third kappa shape index (κ3) is 7.88. The molecule has 7 nitrogen and oxygen atoms in total. The molecule has 3 amide bonds. The fourth-order valence-electron chi connectivity index (χ4n) is 5.75. The van der Waals surface area contributed by atoms with E-state index in [1.165, 1.54) is 11.1 Å². The van der Waals surface area contributed by atoms with Crippen LogP contribution in [0.5, 0.6) is 0 Å². The molecule has 1 atom stereocenters. The zero-order valence-electron chi connectivity index (χ0n) is 24.2. The summed E-state index contributed by atoms with van der Waals surface area (Å²) >= 11 is 0. The van der Waals surface area contributed by atoms with Gasteiger partial charge in [-0.15, -0.1) is 0 Å². The molecule has 0 bridgehead atoms. The SMILES string of the molecule is CC(C)c1ccc(NC(=O)Nc2ccc(N3CCC(Cc4ccccc4)CC3)c(C(=O)NC[C@H]3CCCO3)c2)cc1. The Morgan fingerprint density at radius 2 is 1.61 bits per heavy atom. The third-order valence-electron chi connectivity index (χ3n) is 8.17. The highest BCUT2D eigenvalue weighted by Crippen LogP contribution is 2.30. The molecular formula is C34H42N4O3. The van der Waals surface area contributed by atoms with E-state index in [1.54, 1.807) is 6.07 Å². The van der Waals surface area contributed by atoms with Crippen molar-refractivity contribution in [2.24, 2.45) is 5.92 Å². The number of amides is 3. The van der Waals surface area contributed by atoms with Gasteiger partial charge in [0.15, 0.2) is 0 Å². The highest BCUT2D eigenvalue weighted by Gasteiger charge is 2.25. The molecule has 2 fully saturated rings. The maximum Gasteiger partial charge on any atom is 0.323 e. The van der Waals surface area contributed by atoms with Crippen LogP contribution in [0.15, 0.2) is 72.8 Å². The number of rotatable bonds is 9. The van der Waals surface area contributed by atoms with Gasteiger partial charge in [0, 0.05) is 43.3 Å². The lowest BCUT2D eigenvalue weighted by Crippen LogP contribution is -2.37. The first kappa shape index (κ1) is 28.7. The fraction of sp³-hybridized carbons (Fsp3) is 0.412. The Morgan fingerprint density at radius 3 is 2.29 bits per heavy atom. The molecule has 3 aromatic rings. The first-order valence-corrected chi connectivity index (χ1v) is 15.0. The number of urea groups is 1. The topological polar surface area (TPSA) is 82.7 Å². The zero-order chi connectivity index (χ0) is 28.6. The van der Waals surface area contributed by atoms with Crippen LogP contribution in [0, 0.1) is 5.92 Å². The Labute approximate surface area is 243 Å². The Bertz CT molecular complexity index is 1300. The van der Waals surface area contributed by atoms with Crippen LogP contribution in [0.1, 0.15) is 66.9 Å². The molecule has 0 aliphatic carbocycles. The molecule has 2 aliphatic heterocycles. The van der Waals surface area contributed by atoms with Crippen molar-refractivity contribution in [3.8, 4) is 0 Å². The third-order valence-corrected chi connectivity index (χ3v) is 8.17. The van der Waals surface area contributed by atoms with Crippen LogP contribution in [0.3, 0.4) is 0 Å². The quantitative estimate of drug-likeness (QED) is 0.271. The van der Waals surface area contributed by atoms with Gasteiger partial charge in [-0.25, -0.2) is 4.79 Å². The first-order valence-electron chi connectivity index (χ1n) is 15.0. The van der Waals surface area contributed by atoms with Crippen LogP contribution in [0.2, 0.25) is 0 Å². The Balaban J connectivity index is 1.26. The van der Waals surface area contributed by atoms with Crippen LogP contribution in [0.4, 0.5) is 21.9 Å². The summed E-state index contributed by atoms with van der Waals surface area (Å²) in [4.78, 5) is 28.6. The van der Waals surface area contributed by atoms with Crippen LogP contribution < -0.4 is 20.9 Å².